The van der Waals surface area contributed by atoms with Gasteiger partial charge in [-0.15, -0.1) is 0 Å². The molecule has 1 aliphatic carbocycles. The molecule has 1 aliphatic rings. The molecule has 1 aromatic heterocycles. The second-order valence-corrected chi connectivity index (χ2v) is 7.11. The van der Waals surface area contributed by atoms with Crippen LogP contribution in [-0.4, -0.2) is 21.1 Å². The SMILES string of the molecule is S=c1[nH]nc(C2CCCCC2)n1/N=C\c1c(Cl)ccc(Cl)c1Cl. The third-order valence-corrected chi connectivity index (χ3v) is 5.44. The standard InChI is InChI=1S/C15H15Cl3N4S/c16-11-6-7-12(17)13(18)10(11)8-19-22-14(20-21-15(22)23)9-4-2-1-3-5-9/h6-9H,1-5H2,(H,21,23)/b19-8-. The Balaban J connectivity index is 1.96. The van der Waals surface area contributed by atoms with Crippen molar-refractivity contribution >= 4 is 53.2 Å². The lowest BCUT2D eigenvalue weighted by atomic mass is 9.89. The van der Waals surface area contributed by atoms with E-state index in [2.05, 4.69) is 15.3 Å². The van der Waals surface area contributed by atoms with Gasteiger partial charge < -0.3 is 0 Å². The molecule has 23 heavy (non-hydrogen) atoms. The van der Waals surface area contributed by atoms with Gasteiger partial charge in [0, 0.05) is 11.5 Å². The average molecular weight is 390 g/mol. The van der Waals surface area contributed by atoms with E-state index in [1.165, 1.54) is 19.3 Å². The summed E-state index contributed by atoms with van der Waals surface area (Å²) in [6.07, 6.45) is 7.48. The summed E-state index contributed by atoms with van der Waals surface area (Å²) in [6.45, 7) is 0. The van der Waals surface area contributed by atoms with E-state index in [1.54, 1.807) is 23.0 Å². The van der Waals surface area contributed by atoms with Crippen LogP contribution in [0.1, 0.15) is 49.4 Å². The lowest BCUT2D eigenvalue weighted by Crippen LogP contribution is -2.10. The Morgan fingerprint density at radius 1 is 1.17 bits per heavy atom. The number of benzene rings is 1. The first-order valence-electron chi connectivity index (χ1n) is 7.43. The first kappa shape index (κ1) is 17.0. The van der Waals surface area contributed by atoms with Gasteiger partial charge in [-0.25, -0.2) is 0 Å². The summed E-state index contributed by atoms with van der Waals surface area (Å²) in [5, 5.41) is 12.9. The highest BCUT2D eigenvalue weighted by Gasteiger charge is 2.21. The summed E-state index contributed by atoms with van der Waals surface area (Å²) in [7, 11) is 0. The van der Waals surface area contributed by atoms with Gasteiger partial charge in [0.05, 0.1) is 21.3 Å². The molecule has 122 valence electrons. The van der Waals surface area contributed by atoms with E-state index in [-0.39, 0.29) is 0 Å². The number of nitrogens with one attached hydrogen (secondary N) is 1. The molecule has 1 aromatic carbocycles. The third-order valence-electron chi connectivity index (χ3n) is 4.03. The third kappa shape index (κ3) is 3.63. The molecule has 4 nitrogen and oxygen atoms in total. The molecule has 0 amide bonds. The molecule has 1 heterocycles. The highest BCUT2D eigenvalue weighted by atomic mass is 35.5. The fourth-order valence-electron chi connectivity index (χ4n) is 2.82. The zero-order valence-corrected chi connectivity index (χ0v) is 15.3. The predicted octanol–water partition coefficient (Wildman–Crippen LogP) is 5.83. The van der Waals surface area contributed by atoms with Crippen molar-refractivity contribution in [1.82, 2.24) is 14.9 Å². The molecule has 3 rings (SSSR count). The number of rotatable bonds is 3. The van der Waals surface area contributed by atoms with Gasteiger partial charge in [0.2, 0.25) is 4.77 Å². The summed E-state index contributed by atoms with van der Waals surface area (Å²) in [5.74, 6) is 1.24. The smallest absolute Gasteiger partial charge is 0.216 e. The highest BCUT2D eigenvalue weighted by Crippen LogP contribution is 2.32. The molecule has 0 radical (unpaired) electrons. The first-order valence-corrected chi connectivity index (χ1v) is 8.97. The first-order chi connectivity index (χ1) is 11.1. The van der Waals surface area contributed by atoms with Gasteiger partial charge in [-0.2, -0.15) is 14.9 Å². The number of aromatic nitrogens is 3. The molecule has 0 unspecified atom stereocenters. The van der Waals surface area contributed by atoms with Crippen LogP contribution in [0.25, 0.3) is 0 Å². The molecule has 1 N–H and O–H groups in total. The Morgan fingerprint density at radius 2 is 1.87 bits per heavy atom. The van der Waals surface area contributed by atoms with Gasteiger partial charge in [-0.3, -0.25) is 5.10 Å². The van der Waals surface area contributed by atoms with Crippen molar-refractivity contribution in [3.8, 4) is 0 Å². The van der Waals surface area contributed by atoms with Crippen LogP contribution < -0.4 is 0 Å². The van der Waals surface area contributed by atoms with E-state index in [9.17, 15) is 0 Å². The molecule has 0 bridgehead atoms. The van der Waals surface area contributed by atoms with Crippen LogP contribution in [0.4, 0.5) is 0 Å². The van der Waals surface area contributed by atoms with Gasteiger partial charge in [-0.1, -0.05) is 54.1 Å². The lowest BCUT2D eigenvalue weighted by Gasteiger charge is -2.19. The Labute approximate surface area is 154 Å². The van der Waals surface area contributed by atoms with Gasteiger partial charge in [0.15, 0.2) is 5.82 Å². The van der Waals surface area contributed by atoms with Gasteiger partial charge in [0.25, 0.3) is 0 Å². The van der Waals surface area contributed by atoms with Crippen LogP contribution in [0.3, 0.4) is 0 Å². The molecule has 1 saturated carbocycles. The second-order valence-electron chi connectivity index (χ2n) is 5.54. The highest BCUT2D eigenvalue weighted by molar-refractivity contribution is 7.71. The monoisotopic (exact) mass is 388 g/mol. The molecule has 0 saturated heterocycles. The number of halogens is 3. The molecule has 0 aliphatic heterocycles. The molecule has 1 fully saturated rings. The summed E-state index contributed by atoms with van der Waals surface area (Å²) in [5.41, 5.74) is 0.568. The summed E-state index contributed by atoms with van der Waals surface area (Å²) in [4.78, 5) is 0. The van der Waals surface area contributed by atoms with Crippen molar-refractivity contribution in [1.29, 1.82) is 0 Å². The largest absolute Gasteiger partial charge is 0.250 e. The fourth-order valence-corrected chi connectivity index (χ4v) is 3.64. The molecule has 0 spiro atoms. The van der Waals surface area contributed by atoms with Crippen molar-refractivity contribution in [3.05, 3.63) is 43.4 Å². The summed E-state index contributed by atoms with van der Waals surface area (Å²) >= 11 is 23.7. The number of hydrogen-bond acceptors (Lipinski definition) is 3. The maximum absolute atomic E-state index is 6.20. The van der Waals surface area contributed by atoms with E-state index in [1.807, 2.05) is 0 Å². The Kier molecular flexibility index (Phi) is 5.42. The zero-order chi connectivity index (χ0) is 16.4. The number of H-pyrrole nitrogens is 1. The Hall–Kier alpha value is -0.880. The maximum atomic E-state index is 6.20. The maximum Gasteiger partial charge on any atom is 0.216 e. The minimum absolute atomic E-state index is 0.372. The van der Waals surface area contributed by atoms with E-state index < -0.39 is 0 Å². The van der Waals surface area contributed by atoms with Crippen molar-refractivity contribution < 1.29 is 0 Å². The van der Waals surface area contributed by atoms with Crippen LogP contribution in [0.2, 0.25) is 15.1 Å². The normalized spacial score (nSPS) is 16.3. The van der Waals surface area contributed by atoms with Crippen molar-refractivity contribution in [2.75, 3.05) is 0 Å². The van der Waals surface area contributed by atoms with Gasteiger partial charge in [0.1, 0.15) is 0 Å². The lowest BCUT2D eigenvalue weighted by molar-refractivity contribution is 0.419. The van der Waals surface area contributed by atoms with Crippen LogP contribution in [0.5, 0.6) is 0 Å². The molecule has 8 heteroatoms. The number of hydrogen-bond donors (Lipinski definition) is 1. The van der Waals surface area contributed by atoms with Crippen LogP contribution in [0.15, 0.2) is 17.2 Å². The predicted molar refractivity (Wildman–Crippen MR) is 97.7 cm³/mol. The molecular weight excluding hydrogens is 375 g/mol. The average Bonchev–Trinajstić information content (AvgIpc) is 2.93. The topological polar surface area (TPSA) is 46.0 Å². The molecular formula is C15H15Cl3N4S. The fraction of sp³-hybridized carbons (Fsp3) is 0.400. The summed E-state index contributed by atoms with van der Waals surface area (Å²) < 4.78 is 2.11. The Morgan fingerprint density at radius 3 is 2.61 bits per heavy atom. The van der Waals surface area contributed by atoms with Crippen molar-refractivity contribution in [2.45, 2.75) is 38.0 Å². The molecule has 0 atom stereocenters. The quantitative estimate of drug-likeness (QED) is 0.408. The number of aromatic amines is 1. The second kappa shape index (κ2) is 7.34. The Bertz CT molecular complexity index is 791. The van der Waals surface area contributed by atoms with Crippen LogP contribution in [-0.2, 0) is 0 Å². The van der Waals surface area contributed by atoms with E-state index in [0.717, 1.165) is 18.7 Å². The van der Waals surface area contributed by atoms with E-state index in [4.69, 9.17) is 47.0 Å². The van der Waals surface area contributed by atoms with Crippen LogP contribution in [0, 0.1) is 4.77 Å². The minimum Gasteiger partial charge on any atom is -0.250 e. The van der Waals surface area contributed by atoms with Crippen LogP contribution >= 0.6 is 47.0 Å². The summed E-state index contributed by atoms with van der Waals surface area (Å²) in [6, 6.07) is 3.34. The van der Waals surface area contributed by atoms with E-state index in [0.29, 0.717) is 31.3 Å². The van der Waals surface area contributed by atoms with Gasteiger partial charge >= 0.3 is 0 Å². The minimum atomic E-state index is 0.372. The van der Waals surface area contributed by atoms with Crippen molar-refractivity contribution in [3.63, 3.8) is 0 Å². The van der Waals surface area contributed by atoms with Gasteiger partial charge in [-0.05, 0) is 37.2 Å². The number of nitrogens with zero attached hydrogens (tertiary/aromatic N) is 3. The molecule has 2 aromatic rings. The van der Waals surface area contributed by atoms with Crippen molar-refractivity contribution in [2.24, 2.45) is 5.10 Å². The van der Waals surface area contributed by atoms with E-state index >= 15 is 0 Å². The zero-order valence-electron chi connectivity index (χ0n) is 12.2.